The second-order valence-electron chi connectivity index (χ2n) is 4.96. The van der Waals surface area contributed by atoms with Crippen LogP contribution in [0.15, 0.2) is 41.1 Å². The first-order chi connectivity index (χ1) is 10.3. The molecule has 0 radical (unpaired) electrons. The highest BCUT2D eigenvalue weighted by Gasteiger charge is 2.32. The first-order valence-electron chi connectivity index (χ1n) is 6.93. The van der Waals surface area contributed by atoms with E-state index in [1.807, 2.05) is 0 Å². The zero-order valence-corrected chi connectivity index (χ0v) is 11.5. The van der Waals surface area contributed by atoms with E-state index in [4.69, 9.17) is 4.42 Å². The van der Waals surface area contributed by atoms with Crippen LogP contribution in [0, 0.1) is 5.82 Å². The smallest absolute Gasteiger partial charge is 0.243 e. The van der Waals surface area contributed by atoms with Crippen molar-refractivity contribution in [3.05, 3.63) is 48.3 Å². The van der Waals surface area contributed by atoms with Gasteiger partial charge in [0, 0.05) is 12.7 Å². The van der Waals surface area contributed by atoms with E-state index in [1.54, 1.807) is 29.4 Å². The van der Waals surface area contributed by atoms with E-state index in [0.29, 0.717) is 25.3 Å². The molecule has 0 aliphatic carbocycles. The van der Waals surface area contributed by atoms with Gasteiger partial charge in [-0.3, -0.25) is 4.79 Å². The number of hydrogen-bond donors (Lipinski definition) is 1. The monoisotopic (exact) mass is 289 g/mol. The summed E-state index contributed by atoms with van der Waals surface area (Å²) >= 11 is 0. The van der Waals surface area contributed by atoms with E-state index in [9.17, 15) is 9.18 Å². The first kappa shape index (κ1) is 13.6. The number of nitrogens with one attached hydrogen (secondary N) is 1. The van der Waals surface area contributed by atoms with Crippen LogP contribution in [-0.4, -0.2) is 23.5 Å². The number of anilines is 1. The molecule has 110 valence electrons. The highest BCUT2D eigenvalue weighted by Crippen LogP contribution is 2.25. The molecule has 0 bridgehead atoms. The van der Waals surface area contributed by atoms with Crippen LogP contribution in [0.25, 0.3) is 0 Å². The normalized spacial score (nSPS) is 18.0. The van der Waals surface area contributed by atoms with Gasteiger partial charge >= 0.3 is 0 Å². The fourth-order valence-electron chi connectivity index (χ4n) is 2.59. The van der Waals surface area contributed by atoms with Crippen LogP contribution in [-0.2, 0) is 11.3 Å². The second kappa shape index (κ2) is 5.95. The lowest BCUT2D eigenvalue weighted by molar-refractivity contribution is -0.122. The standard InChI is InChI=1S/C15H16FN3O2/c16-12-5-1-7-17-14(12)19-8-2-6-13(19)15(20)18-10-11-4-3-9-21-11/h1,3-5,7,9,13H,2,6,8,10H2,(H,18,20)/t13-/m1/s1. The van der Waals surface area contributed by atoms with Crippen molar-refractivity contribution in [2.45, 2.75) is 25.4 Å². The van der Waals surface area contributed by atoms with Crippen LogP contribution >= 0.6 is 0 Å². The van der Waals surface area contributed by atoms with Crippen molar-refractivity contribution in [3.63, 3.8) is 0 Å². The van der Waals surface area contributed by atoms with Gasteiger partial charge in [-0.15, -0.1) is 0 Å². The summed E-state index contributed by atoms with van der Waals surface area (Å²) in [7, 11) is 0. The van der Waals surface area contributed by atoms with Crippen molar-refractivity contribution >= 4 is 11.7 Å². The first-order valence-corrected chi connectivity index (χ1v) is 6.93. The molecule has 0 spiro atoms. The number of rotatable bonds is 4. The number of carbonyl (C=O) groups is 1. The average Bonchev–Trinajstić information content (AvgIpc) is 3.16. The van der Waals surface area contributed by atoms with Crippen molar-refractivity contribution < 1.29 is 13.6 Å². The van der Waals surface area contributed by atoms with Crippen molar-refractivity contribution in [2.75, 3.05) is 11.4 Å². The van der Waals surface area contributed by atoms with E-state index in [0.717, 1.165) is 6.42 Å². The fourth-order valence-corrected chi connectivity index (χ4v) is 2.59. The molecule has 2 aromatic rings. The maximum Gasteiger partial charge on any atom is 0.243 e. The summed E-state index contributed by atoms with van der Waals surface area (Å²) in [6.45, 7) is 0.966. The Balaban J connectivity index is 1.69. The largest absolute Gasteiger partial charge is 0.467 e. The predicted octanol–water partition coefficient (Wildman–Crippen LogP) is 2.10. The minimum Gasteiger partial charge on any atom is -0.467 e. The molecule has 1 saturated heterocycles. The molecule has 1 aliphatic rings. The summed E-state index contributed by atoms with van der Waals surface area (Å²) in [5, 5.41) is 2.82. The number of halogens is 1. The Morgan fingerprint density at radius 2 is 2.38 bits per heavy atom. The molecule has 6 heteroatoms. The van der Waals surface area contributed by atoms with E-state index in [-0.39, 0.29) is 17.8 Å². The molecular weight excluding hydrogens is 273 g/mol. The lowest BCUT2D eigenvalue weighted by Gasteiger charge is -2.24. The predicted molar refractivity (Wildman–Crippen MR) is 75.1 cm³/mol. The summed E-state index contributed by atoms with van der Waals surface area (Å²) in [4.78, 5) is 18.1. The molecule has 1 amide bonds. The molecule has 1 N–H and O–H groups in total. The van der Waals surface area contributed by atoms with E-state index in [1.165, 1.54) is 12.3 Å². The van der Waals surface area contributed by atoms with Crippen LogP contribution in [0.5, 0.6) is 0 Å². The SMILES string of the molecule is O=C(NCc1ccco1)[C@H]1CCCN1c1ncccc1F. The molecular formula is C15H16FN3O2. The van der Waals surface area contributed by atoms with Gasteiger partial charge in [-0.2, -0.15) is 0 Å². The molecule has 2 aromatic heterocycles. The van der Waals surface area contributed by atoms with Crippen molar-refractivity contribution in [1.29, 1.82) is 0 Å². The minimum absolute atomic E-state index is 0.131. The van der Waals surface area contributed by atoms with Gasteiger partial charge in [0.2, 0.25) is 5.91 Å². The third kappa shape index (κ3) is 2.89. The van der Waals surface area contributed by atoms with E-state index < -0.39 is 5.82 Å². The van der Waals surface area contributed by atoms with Crippen LogP contribution in [0.2, 0.25) is 0 Å². The number of furan rings is 1. The van der Waals surface area contributed by atoms with E-state index >= 15 is 0 Å². The maximum absolute atomic E-state index is 13.8. The fraction of sp³-hybridized carbons (Fsp3) is 0.333. The van der Waals surface area contributed by atoms with Crippen molar-refractivity contribution in [2.24, 2.45) is 0 Å². The average molecular weight is 289 g/mol. The second-order valence-corrected chi connectivity index (χ2v) is 4.96. The molecule has 3 heterocycles. The number of aromatic nitrogens is 1. The summed E-state index contributed by atoms with van der Waals surface area (Å²) in [5.74, 6) is 0.405. The summed E-state index contributed by atoms with van der Waals surface area (Å²) < 4.78 is 19.0. The van der Waals surface area contributed by atoms with Gasteiger partial charge in [0.1, 0.15) is 11.8 Å². The Hall–Kier alpha value is -2.37. The summed E-state index contributed by atoms with van der Waals surface area (Å²) in [6.07, 6.45) is 4.63. The van der Waals surface area contributed by atoms with Gasteiger partial charge in [-0.25, -0.2) is 9.37 Å². The Kier molecular flexibility index (Phi) is 3.85. The summed E-state index contributed by atoms with van der Waals surface area (Å²) in [6, 6.07) is 6.08. The zero-order valence-electron chi connectivity index (χ0n) is 11.5. The Bertz CT molecular complexity index is 615. The van der Waals surface area contributed by atoms with Crippen molar-refractivity contribution in [3.8, 4) is 0 Å². The van der Waals surface area contributed by atoms with Gasteiger partial charge in [0.15, 0.2) is 11.6 Å². The molecule has 5 nitrogen and oxygen atoms in total. The Morgan fingerprint density at radius 3 is 3.14 bits per heavy atom. The Labute approximate surface area is 121 Å². The highest BCUT2D eigenvalue weighted by atomic mass is 19.1. The molecule has 3 rings (SSSR count). The molecule has 1 aliphatic heterocycles. The van der Waals surface area contributed by atoms with Crippen LogP contribution in [0.3, 0.4) is 0 Å². The number of carbonyl (C=O) groups excluding carboxylic acids is 1. The third-order valence-corrected chi connectivity index (χ3v) is 3.58. The number of pyridine rings is 1. The topological polar surface area (TPSA) is 58.4 Å². The van der Waals surface area contributed by atoms with Gasteiger partial charge in [-0.1, -0.05) is 0 Å². The van der Waals surface area contributed by atoms with Crippen molar-refractivity contribution in [1.82, 2.24) is 10.3 Å². The zero-order chi connectivity index (χ0) is 14.7. The molecule has 1 fully saturated rings. The number of hydrogen-bond acceptors (Lipinski definition) is 4. The quantitative estimate of drug-likeness (QED) is 0.936. The van der Waals surface area contributed by atoms with Crippen LogP contribution < -0.4 is 10.2 Å². The lowest BCUT2D eigenvalue weighted by Crippen LogP contribution is -2.43. The molecule has 0 unspecified atom stereocenters. The molecule has 1 atom stereocenters. The number of nitrogens with zero attached hydrogens (tertiary/aromatic N) is 2. The number of amides is 1. The molecule has 0 saturated carbocycles. The Morgan fingerprint density at radius 1 is 1.48 bits per heavy atom. The van der Waals surface area contributed by atoms with Gasteiger partial charge in [-0.05, 0) is 37.1 Å². The highest BCUT2D eigenvalue weighted by molar-refractivity contribution is 5.85. The molecule has 21 heavy (non-hydrogen) atoms. The van der Waals surface area contributed by atoms with Crippen LogP contribution in [0.4, 0.5) is 10.2 Å². The van der Waals surface area contributed by atoms with E-state index in [2.05, 4.69) is 10.3 Å². The third-order valence-electron chi connectivity index (χ3n) is 3.58. The van der Waals surface area contributed by atoms with Crippen LogP contribution in [0.1, 0.15) is 18.6 Å². The van der Waals surface area contributed by atoms with Gasteiger partial charge in [0.05, 0.1) is 12.8 Å². The van der Waals surface area contributed by atoms with Gasteiger partial charge < -0.3 is 14.6 Å². The summed E-state index contributed by atoms with van der Waals surface area (Å²) in [5.41, 5.74) is 0. The lowest BCUT2D eigenvalue weighted by atomic mass is 10.2. The van der Waals surface area contributed by atoms with Gasteiger partial charge in [0.25, 0.3) is 0 Å². The maximum atomic E-state index is 13.8. The molecule has 0 aromatic carbocycles. The minimum atomic E-state index is -0.400.